The van der Waals surface area contributed by atoms with Gasteiger partial charge in [0.1, 0.15) is 24.3 Å². The van der Waals surface area contributed by atoms with Crippen molar-refractivity contribution in [3.8, 4) is 0 Å². The highest BCUT2D eigenvalue weighted by Crippen LogP contribution is 2.55. The van der Waals surface area contributed by atoms with Crippen LogP contribution in [0.1, 0.15) is 24.0 Å². The van der Waals surface area contributed by atoms with Crippen LogP contribution in [0, 0.1) is 11.6 Å². The molecule has 4 nitrogen and oxygen atoms in total. The molecule has 0 bridgehead atoms. The van der Waals surface area contributed by atoms with Crippen molar-refractivity contribution in [2.45, 2.75) is 42.1 Å². The number of rotatable bonds is 9. The topological polar surface area (TPSA) is 39.9 Å². The number of ether oxygens (including phenoxy) is 1. The van der Waals surface area contributed by atoms with Crippen molar-refractivity contribution >= 4 is 11.8 Å². The summed E-state index contributed by atoms with van der Waals surface area (Å²) in [5.74, 6) is -1.95. The summed E-state index contributed by atoms with van der Waals surface area (Å²) in [7, 11) is 0. The Morgan fingerprint density at radius 3 is 2.50 bits per heavy atom. The maximum atomic E-state index is 15.8. The van der Waals surface area contributed by atoms with Gasteiger partial charge in [-0.25, -0.2) is 18.4 Å². The van der Waals surface area contributed by atoms with Crippen LogP contribution in [0.2, 0.25) is 0 Å². The van der Waals surface area contributed by atoms with Gasteiger partial charge in [-0.05, 0) is 30.5 Å². The normalized spacial score (nSPS) is 16.4. The van der Waals surface area contributed by atoms with Gasteiger partial charge in [-0.15, -0.1) is 0 Å². The lowest BCUT2D eigenvalue weighted by Gasteiger charge is -2.40. The molecule has 0 spiro atoms. The van der Waals surface area contributed by atoms with Crippen LogP contribution in [-0.4, -0.2) is 25.3 Å². The molecular formula is C21H19F4N3OS. The predicted molar refractivity (Wildman–Crippen MR) is 105 cm³/mol. The summed E-state index contributed by atoms with van der Waals surface area (Å²) in [5.41, 5.74) is -2.20. The van der Waals surface area contributed by atoms with Gasteiger partial charge in [0.2, 0.25) is 0 Å². The zero-order valence-corrected chi connectivity index (χ0v) is 16.7. The highest BCUT2D eigenvalue weighted by molar-refractivity contribution is 8.01. The molecule has 0 saturated heterocycles. The van der Waals surface area contributed by atoms with Crippen molar-refractivity contribution < 1.29 is 22.3 Å². The SMILES string of the molecule is Fc1ccc(C(Cn2cncn2)(OCc2ccccc2)C(F)(F)SC2CC2)c(F)c1. The molecule has 0 radical (unpaired) electrons. The Hall–Kier alpha value is -2.39. The van der Waals surface area contributed by atoms with E-state index < -0.39 is 34.6 Å². The molecule has 1 fully saturated rings. The first-order valence-corrected chi connectivity index (χ1v) is 10.3. The highest BCUT2D eigenvalue weighted by Gasteiger charge is 2.60. The molecular weight excluding hydrogens is 418 g/mol. The van der Waals surface area contributed by atoms with Crippen LogP contribution in [0.15, 0.2) is 61.2 Å². The minimum Gasteiger partial charge on any atom is -0.356 e. The summed E-state index contributed by atoms with van der Waals surface area (Å²) in [5, 5.41) is 0.166. The van der Waals surface area contributed by atoms with Crippen molar-refractivity contribution in [3.63, 3.8) is 0 Å². The van der Waals surface area contributed by atoms with Crippen LogP contribution in [0.25, 0.3) is 0 Å². The highest BCUT2D eigenvalue weighted by atomic mass is 32.2. The molecule has 0 N–H and O–H groups in total. The number of nitrogens with zero attached hydrogens (tertiary/aromatic N) is 3. The largest absolute Gasteiger partial charge is 0.356 e. The second-order valence-corrected chi connectivity index (χ2v) is 8.57. The Bertz CT molecular complexity index is 983. The van der Waals surface area contributed by atoms with Crippen molar-refractivity contribution in [1.29, 1.82) is 0 Å². The van der Waals surface area contributed by atoms with Crippen LogP contribution >= 0.6 is 11.8 Å². The first kappa shape index (κ1) is 20.9. The number of hydrogen-bond donors (Lipinski definition) is 0. The van der Waals surface area contributed by atoms with Crippen LogP contribution in [0.5, 0.6) is 0 Å². The molecule has 158 valence electrons. The van der Waals surface area contributed by atoms with Crippen molar-refractivity contribution in [3.05, 3.63) is 83.9 Å². The third kappa shape index (κ3) is 4.37. The predicted octanol–water partition coefficient (Wildman–Crippen LogP) is 5.16. The monoisotopic (exact) mass is 437 g/mol. The van der Waals surface area contributed by atoms with Crippen molar-refractivity contribution in [2.24, 2.45) is 0 Å². The summed E-state index contributed by atoms with van der Waals surface area (Å²) < 4.78 is 67.1. The van der Waals surface area contributed by atoms with Crippen molar-refractivity contribution in [2.75, 3.05) is 0 Å². The maximum absolute atomic E-state index is 15.8. The van der Waals surface area contributed by atoms with Gasteiger partial charge in [-0.1, -0.05) is 42.1 Å². The second-order valence-electron chi connectivity index (χ2n) is 7.15. The summed E-state index contributed by atoms with van der Waals surface area (Å²) in [6.07, 6.45) is 3.78. The number of aromatic nitrogens is 3. The third-order valence-electron chi connectivity index (χ3n) is 4.85. The van der Waals surface area contributed by atoms with Crippen LogP contribution in [0.4, 0.5) is 17.6 Å². The zero-order chi connectivity index (χ0) is 21.2. The first-order chi connectivity index (χ1) is 14.4. The zero-order valence-electron chi connectivity index (χ0n) is 15.8. The lowest BCUT2D eigenvalue weighted by molar-refractivity contribution is -0.185. The van der Waals surface area contributed by atoms with E-state index in [9.17, 15) is 8.78 Å². The standard InChI is InChI=1S/C21H19F4N3OS/c22-16-6-9-18(19(23)10-16)20(12-28-14-26-13-27-28,21(24,25)30-17-7-8-17)29-11-15-4-2-1-3-5-15/h1-6,9-10,13-14,17H,7-8,11-12H2. The Balaban J connectivity index is 1.81. The molecule has 1 unspecified atom stereocenters. The Morgan fingerprint density at radius 2 is 1.87 bits per heavy atom. The van der Waals surface area contributed by atoms with E-state index in [2.05, 4.69) is 10.1 Å². The van der Waals surface area contributed by atoms with Crippen LogP contribution in [-0.2, 0) is 23.5 Å². The summed E-state index contributed by atoms with van der Waals surface area (Å²) >= 11 is 0.459. The second kappa shape index (κ2) is 8.39. The van der Waals surface area contributed by atoms with E-state index in [0.29, 0.717) is 36.2 Å². The molecule has 0 aliphatic heterocycles. The lowest BCUT2D eigenvalue weighted by Crippen LogP contribution is -2.50. The van der Waals surface area contributed by atoms with E-state index in [-0.39, 0.29) is 11.9 Å². The van der Waals surface area contributed by atoms with Gasteiger partial charge in [-0.2, -0.15) is 13.9 Å². The van der Waals surface area contributed by atoms with Gasteiger partial charge in [0.15, 0.2) is 5.60 Å². The molecule has 1 saturated carbocycles. The van der Waals surface area contributed by atoms with E-state index in [1.165, 1.54) is 17.3 Å². The molecule has 2 aromatic carbocycles. The lowest BCUT2D eigenvalue weighted by atomic mass is 9.92. The third-order valence-corrected chi connectivity index (χ3v) is 6.29. The Labute approximate surface area is 175 Å². The number of halogens is 4. The molecule has 1 aliphatic carbocycles. The van der Waals surface area contributed by atoms with Gasteiger partial charge in [-0.3, -0.25) is 0 Å². The maximum Gasteiger partial charge on any atom is 0.328 e. The average molecular weight is 437 g/mol. The number of hydrogen-bond acceptors (Lipinski definition) is 4. The Kier molecular flexibility index (Phi) is 5.84. The first-order valence-electron chi connectivity index (χ1n) is 9.41. The van der Waals surface area contributed by atoms with Crippen LogP contribution in [0.3, 0.4) is 0 Å². The molecule has 1 heterocycles. The van der Waals surface area contributed by atoms with E-state index in [1.54, 1.807) is 30.3 Å². The fourth-order valence-corrected chi connectivity index (χ4v) is 4.39. The van der Waals surface area contributed by atoms with Crippen molar-refractivity contribution in [1.82, 2.24) is 14.8 Å². The van der Waals surface area contributed by atoms with Crippen LogP contribution < -0.4 is 0 Å². The fourth-order valence-electron chi connectivity index (χ4n) is 3.17. The quantitative estimate of drug-likeness (QED) is 0.434. The summed E-state index contributed by atoms with van der Waals surface area (Å²) in [6, 6.07) is 11.3. The average Bonchev–Trinajstić information content (AvgIpc) is 3.36. The van der Waals surface area contributed by atoms with Gasteiger partial charge in [0.05, 0.1) is 13.2 Å². The molecule has 1 aliphatic rings. The summed E-state index contributed by atoms with van der Waals surface area (Å²) in [4.78, 5) is 3.80. The number of thioether (sulfide) groups is 1. The summed E-state index contributed by atoms with van der Waals surface area (Å²) in [6.45, 7) is -0.678. The minimum absolute atomic E-state index is 0.187. The molecule has 3 aromatic rings. The minimum atomic E-state index is -3.52. The Morgan fingerprint density at radius 1 is 1.10 bits per heavy atom. The number of benzene rings is 2. The van der Waals surface area contributed by atoms with E-state index >= 15 is 8.78 Å². The molecule has 0 amide bonds. The smallest absolute Gasteiger partial charge is 0.328 e. The van der Waals surface area contributed by atoms with E-state index in [1.807, 2.05) is 0 Å². The molecule has 1 atom stereocenters. The molecule has 9 heteroatoms. The van der Waals surface area contributed by atoms with Gasteiger partial charge >= 0.3 is 5.25 Å². The van der Waals surface area contributed by atoms with E-state index in [0.717, 1.165) is 12.1 Å². The fraction of sp³-hybridized carbons (Fsp3) is 0.333. The van der Waals surface area contributed by atoms with E-state index in [4.69, 9.17) is 4.74 Å². The van der Waals surface area contributed by atoms with Gasteiger partial charge < -0.3 is 4.74 Å². The van der Waals surface area contributed by atoms with Gasteiger partial charge in [0, 0.05) is 16.9 Å². The molecule has 1 aromatic heterocycles. The molecule has 4 rings (SSSR count). The number of alkyl halides is 2. The molecule has 30 heavy (non-hydrogen) atoms. The van der Waals surface area contributed by atoms with Gasteiger partial charge in [0.25, 0.3) is 0 Å².